The number of nitrogens with one attached hydrogen (secondary N) is 1. The Morgan fingerprint density at radius 3 is 2.58 bits per heavy atom. The average Bonchev–Trinajstić information content (AvgIpc) is 3.46. The predicted molar refractivity (Wildman–Crippen MR) is 130 cm³/mol. The molecule has 1 saturated carbocycles. The van der Waals surface area contributed by atoms with Gasteiger partial charge in [-0.05, 0) is 73.6 Å². The topological polar surface area (TPSA) is 67.9 Å². The molecule has 1 fully saturated rings. The number of nitrogens with zero attached hydrogens (tertiary/aromatic N) is 1. The summed E-state index contributed by atoms with van der Waals surface area (Å²) in [5.41, 5.74) is 4.87. The van der Waals surface area contributed by atoms with Gasteiger partial charge in [0.25, 0.3) is 0 Å². The van der Waals surface area contributed by atoms with E-state index < -0.39 is 0 Å². The SMILES string of the molecule is CCN1CC(Cc2ccc(C(=O)OC)cc2OC)c2cc(NC(=O)CC3CCCC3)ccc21. The van der Waals surface area contributed by atoms with Crippen LogP contribution in [0.2, 0.25) is 0 Å². The number of hydrogen-bond acceptors (Lipinski definition) is 5. The number of amides is 1. The number of carbonyl (C=O) groups excluding carboxylic acids is 2. The van der Waals surface area contributed by atoms with Gasteiger partial charge in [0.15, 0.2) is 0 Å². The normalized spacial score (nSPS) is 17.7. The number of likely N-dealkylation sites (N-methyl/N-ethyl adjacent to an activating group) is 1. The maximum atomic E-state index is 12.6. The molecule has 33 heavy (non-hydrogen) atoms. The van der Waals surface area contributed by atoms with Crippen LogP contribution in [-0.2, 0) is 16.0 Å². The molecule has 1 atom stereocenters. The van der Waals surface area contributed by atoms with E-state index in [9.17, 15) is 9.59 Å². The van der Waals surface area contributed by atoms with Crippen LogP contribution in [-0.4, -0.2) is 39.2 Å². The lowest BCUT2D eigenvalue weighted by molar-refractivity contribution is -0.117. The van der Waals surface area contributed by atoms with Crippen LogP contribution in [0.5, 0.6) is 5.75 Å². The minimum Gasteiger partial charge on any atom is -0.496 e. The molecule has 6 nitrogen and oxygen atoms in total. The summed E-state index contributed by atoms with van der Waals surface area (Å²) in [6.45, 7) is 4.00. The molecule has 1 amide bonds. The summed E-state index contributed by atoms with van der Waals surface area (Å²) in [7, 11) is 3.00. The van der Waals surface area contributed by atoms with Crippen molar-refractivity contribution in [1.29, 1.82) is 0 Å². The molecule has 1 aliphatic heterocycles. The van der Waals surface area contributed by atoms with Gasteiger partial charge in [-0.3, -0.25) is 4.79 Å². The first kappa shape index (κ1) is 23.1. The van der Waals surface area contributed by atoms with E-state index in [1.165, 1.54) is 44.0 Å². The lowest BCUT2D eigenvalue weighted by Crippen LogP contribution is -2.21. The Morgan fingerprint density at radius 1 is 1.09 bits per heavy atom. The first-order valence-electron chi connectivity index (χ1n) is 12.0. The smallest absolute Gasteiger partial charge is 0.337 e. The fraction of sp³-hybridized carbons (Fsp3) is 0.481. The summed E-state index contributed by atoms with van der Waals surface area (Å²) >= 11 is 0. The maximum absolute atomic E-state index is 12.6. The number of anilines is 2. The molecule has 0 radical (unpaired) electrons. The van der Waals surface area contributed by atoms with Crippen molar-refractivity contribution < 1.29 is 19.1 Å². The van der Waals surface area contributed by atoms with E-state index in [1.54, 1.807) is 19.2 Å². The quantitative estimate of drug-likeness (QED) is 0.562. The molecule has 176 valence electrons. The summed E-state index contributed by atoms with van der Waals surface area (Å²) in [4.78, 5) is 26.9. The first-order chi connectivity index (χ1) is 16.0. The van der Waals surface area contributed by atoms with Gasteiger partial charge in [0, 0.05) is 36.8 Å². The van der Waals surface area contributed by atoms with E-state index in [0.29, 0.717) is 23.7 Å². The minimum atomic E-state index is -0.374. The van der Waals surface area contributed by atoms with Crippen LogP contribution in [0.3, 0.4) is 0 Å². The molecule has 2 aromatic rings. The van der Waals surface area contributed by atoms with Crippen molar-refractivity contribution in [1.82, 2.24) is 0 Å². The van der Waals surface area contributed by atoms with Crippen molar-refractivity contribution >= 4 is 23.3 Å². The van der Waals surface area contributed by atoms with Crippen molar-refractivity contribution in [2.24, 2.45) is 5.92 Å². The van der Waals surface area contributed by atoms with Gasteiger partial charge in [0.05, 0.1) is 19.8 Å². The molecule has 1 N–H and O–H groups in total. The van der Waals surface area contributed by atoms with Gasteiger partial charge in [0.2, 0.25) is 5.91 Å². The molecule has 0 bridgehead atoms. The first-order valence-corrected chi connectivity index (χ1v) is 12.0. The molecular formula is C27H34N2O4. The number of rotatable bonds is 8. The summed E-state index contributed by atoms with van der Waals surface area (Å²) in [6, 6.07) is 11.8. The van der Waals surface area contributed by atoms with Crippen molar-refractivity contribution in [2.45, 2.75) is 51.4 Å². The lowest BCUT2D eigenvalue weighted by atomic mass is 9.92. The third-order valence-electron chi connectivity index (χ3n) is 7.04. The predicted octanol–water partition coefficient (Wildman–Crippen LogP) is 5.17. The van der Waals surface area contributed by atoms with Crippen LogP contribution < -0.4 is 15.0 Å². The third-order valence-corrected chi connectivity index (χ3v) is 7.04. The second-order valence-electron chi connectivity index (χ2n) is 9.13. The van der Waals surface area contributed by atoms with Crippen molar-refractivity contribution in [3.8, 4) is 5.75 Å². The van der Waals surface area contributed by atoms with Crippen LogP contribution in [0.4, 0.5) is 11.4 Å². The molecule has 1 heterocycles. The number of methoxy groups -OCH3 is 2. The van der Waals surface area contributed by atoms with Crippen molar-refractivity contribution in [3.63, 3.8) is 0 Å². The summed E-state index contributed by atoms with van der Waals surface area (Å²) in [5.74, 6) is 1.23. The Labute approximate surface area is 196 Å². The van der Waals surface area contributed by atoms with E-state index in [4.69, 9.17) is 9.47 Å². The van der Waals surface area contributed by atoms with Gasteiger partial charge in [0.1, 0.15) is 5.75 Å². The Morgan fingerprint density at radius 2 is 1.88 bits per heavy atom. The van der Waals surface area contributed by atoms with Crippen LogP contribution in [0.1, 0.15) is 66.4 Å². The Bertz CT molecular complexity index is 1010. The Balaban J connectivity index is 1.53. The fourth-order valence-corrected chi connectivity index (χ4v) is 5.30. The average molecular weight is 451 g/mol. The van der Waals surface area contributed by atoms with Gasteiger partial charge in [-0.15, -0.1) is 0 Å². The second-order valence-corrected chi connectivity index (χ2v) is 9.13. The Hall–Kier alpha value is -3.02. The number of carbonyl (C=O) groups is 2. The van der Waals surface area contributed by atoms with Gasteiger partial charge in [-0.25, -0.2) is 4.79 Å². The van der Waals surface area contributed by atoms with E-state index >= 15 is 0 Å². The van der Waals surface area contributed by atoms with Crippen LogP contribution in [0.25, 0.3) is 0 Å². The number of esters is 1. The molecule has 4 rings (SSSR count). The van der Waals surface area contributed by atoms with E-state index in [1.807, 2.05) is 12.1 Å². The zero-order valence-corrected chi connectivity index (χ0v) is 19.9. The number of hydrogen-bond donors (Lipinski definition) is 1. The molecule has 0 spiro atoms. The van der Waals surface area contributed by atoms with Crippen molar-refractivity contribution in [3.05, 3.63) is 53.1 Å². The van der Waals surface area contributed by atoms with Crippen LogP contribution in [0, 0.1) is 5.92 Å². The highest BCUT2D eigenvalue weighted by Crippen LogP contribution is 2.41. The molecule has 2 aromatic carbocycles. The molecule has 0 saturated heterocycles. The van der Waals surface area contributed by atoms with Crippen LogP contribution in [0.15, 0.2) is 36.4 Å². The highest BCUT2D eigenvalue weighted by atomic mass is 16.5. The Kier molecular flexibility index (Phi) is 7.21. The zero-order chi connectivity index (χ0) is 23.4. The monoisotopic (exact) mass is 450 g/mol. The van der Waals surface area contributed by atoms with E-state index in [0.717, 1.165) is 30.8 Å². The molecule has 2 aliphatic rings. The van der Waals surface area contributed by atoms with Gasteiger partial charge in [-0.1, -0.05) is 18.9 Å². The zero-order valence-electron chi connectivity index (χ0n) is 19.9. The van der Waals surface area contributed by atoms with Gasteiger partial charge < -0.3 is 19.7 Å². The molecule has 1 unspecified atom stereocenters. The minimum absolute atomic E-state index is 0.115. The second kappa shape index (κ2) is 10.3. The molecular weight excluding hydrogens is 416 g/mol. The van der Waals surface area contributed by atoms with E-state index in [2.05, 4.69) is 29.3 Å². The largest absolute Gasteiger partial charge is 0.496 e. The highest BCUT2D eigenvalue weighted by molar-refractivity contribution is 5.91. The number of ether oxygens (including phenoxy) is 2. The molecule has 6 heteroatoms. The highest BCUT2D eigenvalue weighted by Gasteiger charge is 2.29. The number of benzene rings is 2. The molecule has 1 aliphatic carbocycles. The third kappa shape index (κ3) is 5.15. The number of fused-ring (bicyclic) bond motifs is 1. The van der Waals surface area contributed by atoms with E-state index in [-0.39, 0.29) is 17.8 Å². The fourth-order valence-electron chi connectivity index (χ4n) is 5.30. The van der Waals surface area contributed by atoms with Crippen molar-refractivity contribution in [2.75, 3.05) is 37.5 Å². The summed E-state index contributed by atoms with van der Waals surface area (Å²) in [5, 5.41) is 3.13. The standard InChI is InChI=1S/C27H34N2O4/c1-4-29-17-21(14-19-9-10-20(27(31)33-3)15-25(19)32-2)23-16-22(11-12-24(23)29)28-26(30)13-18-7-5-6-8-18/h9-12,15-16,18,21H,4-8,13-14,17H2,1-3H3,(H,28,30). The van der Waals surface area contributed by atoms with Gasteiger partial charge in [-0.2, -0.15) is 0 Å². The van der Waals surface area contributed by atoms with Gasteiger partial charge >= 0.3 is 5.97 Å². The van der Waals surface area contributed by atoms with Crippen LogP contribution >= 0.6 is 0 Å². The summed E-state index contributed by atoms with van der Waals surface area (Å²) in [6.07, 6.45) is 6.23. The summed E-state index contributed by atoms with van der Waals surface area (Å²) < 4.78 is 10.4. The lowest BCUT2D eigenvalue weighted by Gasteiger charge is -2.18. The maximum Gasteiger partial charge on any atom is 0.337 e. The molecule has 0 aromatic heterocycles.